The van der Waals surface area contributed by atoms with E-state index in [4.69, 9.17) is 4.74 Å². The lowest BCUT2D eigenvalue weighted by atomic mass is 10.0. The number of hydrogen-bond acceptors (Lipinski definition) is 5. The van der Waals surface area contributed by atoms with Crippen molar-refractivity contribution < 1.29 is 24.5 Å². The number of carbonyl (C=O) groups excluding carboxylic acids is 2. The van der Waals surface area contributed by atoms with Crippen LogP contribution in [0.5, 0.6) is 0 Å². The number of nitrogens with one attached hydrogen (secondary N) is 1. The Bertz CT molecular complexity index is 946. The van der Waals surface area contributed by atoms with Crippen molar-refractivity contribution in [2.75, 3.05) is 13.2 Å². The van der Waals surface area contributed by atoms with Crippen molar-refractivity contribution >= 4 is 11.9 Å². The Balaban J connectivity index is 3.55. The molecule has 0 saturated carbocycles. The number of unbranched alkanes of at least 4 members (excludes halogenated alkanes) is 29. The Labute approximate surface area is 360 Å². The van der Waals surface area contributed by atoms with Crippen LogP contribution in [-0.2, 0) is 14.3 Å². The molecule has 0 saturated heterocycles. The molecule has 0 rings (SSSR count). The van der Waals surface area contributed by atoms with Crippen LogP contribution < -0.4 is 5.32 Å². The van der Waals surface area contributed by atoms with Gasteiger partial charge in [0.1, 0.15) is 0 Å². The molecule has 6 heteroatoms. The van der Waals surface area contributed by atoms with Crippen molar-refractivity contribution in [2.45, 2.75) is 270 Å². The number of allylic oxidation sites excluding steroid dienone is 6. The second-order valence-electron chi connectivity index (χ2n) is 17.1. The third-order valence-corrected chi connectivity index (χ3v) is 11.4. The molecule has 0 aromatic heterocycles. The molecule has 0 aromatic rings. The molecule has 0 radical (unpaired) electrons. The number of aliphatic hydroxyl groups excluding tert-OH is 2. The summed E-state index contributed by atoms with van der Waals surface area (Å²) in [5, 5.41) is 23.2. The van der Waals surface area contributed by atoms with Gasteiger partial charge in [-0.15, -0.1) is 0 Å². The van der Waals surface area contributed by atoms with E-state index in [1.807, 2.05) is 0 Å². The van der Waals surface area contributed by atoms with E-state index in [0.717, 1.165) is 89.9 Å². The van der Waals surface area contributed by atoms with Crippen LogP contribution in [-0.4, -0.2) is 47.4 Å². The lowest BCUT2D eigenvalue weighted by Gasteiger charge is -2.22. The first kappa shape index (κ1) is 56.1. The zero-order chi connectivity index (χ0) is 42.3. The standard InChI is InChI=1S/C52H97NO5/c1-3-5-7-9-11-13-15-17-19-21-23-25-30-34-38-42-46-52(57)58-47-43-39-35-31-27-26-29-33-37-41-45-51(56)53-49(48-54)50(55)44-40-36-32-28-24-22-20-18-16-14-12-10-8-6-4-2/h13,15,19,21,27,31,49-50,54-55H,3-12,14,16-18,20,22-26,28-30,32-48H2,1-2H3,(H,53,56)/b15-13-,21-19-,31-27-. The van der Waals surface area contributed by atoms with Gasteiger partial charge in [0, 0.05) is 12.8 Å². The Hall–Kier alpha value is -1.92. The van der Waals surface area contributed by atoms with Crippen LogP contribution in [0.1, 0.15) is 258 Å². The highest BCUT2D eigenvalue weighted by molar-refractivity contribution is 5.76. The number of carbonyl (C=O) groups is 2. The minimum Gasteiger partial charge on any atom is -0.466 e. The lowest BCUT2D eigenvalue weighted by molar-refractivity contribution is -0.143. The largest absolute Gasteiger partial charge is 0.466 e. The van der Waals surface area contributed by atoms with Gasteiger partial charge in [0.15, 0.2) is 0 Å². The number of ether oxygens (including phenoxy) is 1. The molecule has 0 aliphatic heterocycles. The SMILES string of the molecule is CCCCCC/C=C\C/C=C\CCCCCCCC(=O)OCCCC/C=C\CCCCCCC(=O)NC(CO)C(O)CCCCCCCCCCCCCCCCC. The van der Waals surface area contributed by atoms with Gasteiger partial charge in [-0.3, -0.25) is 9.59 Å². The van der Waals surface area contributed by atoms with E-state index in [2.05, 4.69) is 55.6 Å². The van der Waals surface area contributed by atoms with E-state index in [-0.39, 0.29) is 18.5 Å². The average Bonchev–Trinajstić information content (AvgIpc) is 3.22. The highest BCUT2D eigenvalue weighted by Crippen LogP contribution is 2.16. The highest BCUT2D eigenvalue weighted by Gasteiger charge is 2.20. The summed E-state index contributed by atoms with van der Waals surface area (Å²) >= 11 is 0. The molecule has 3 N–H and O–H groups in total. The summed E-state index contributed by atoms with van der Waals surface area (Å²) in [6.07, 6.45) is 56.8. The van der Waals surface area contributed by atoms with Gasteiger partial charge in [-0.25, -0.2) is 0 Å². The molecule has 340 valence electrons. The third-order valence-electron chi connectivity index (χ3n) is 11.4. The maximum absolute atomic E-state index is 12.4. The van der Waals surface area contributed by atoms with Gasteiger partial charge >= 0.3 is 5.97 Å². The first-order chi connectivity index (χ1) is 28.5. The van der Waals surface area contributed by atoms with Crippen LogP contribution in [0.4, 0.5) is 0 Å². The van der Waals surface area contributed by atoms with Crippen LogP contribution in [0.25, 0.3) is 0 Å². The Morgan fingerprint density at radius 3 is 1.34 bits per heavy atom. The summed E-state index contributed by atoms with van der Waals surface area (Å²) in [5.74, 6) is -0.123. The van der Waals surface area contributed by atoms with Crippen LogP contribution in [0.15, 0.2) is 36.5 Å². The molecule has 0 spiro atoms. The minimum atomic E-state index is -0.687. The Morgan fingerprint density at radius 2 is 0.862 bits per heavy atom. The minimum absolute atomic E-state index is 0.0502. The van der Waals surface area contributed by atoms with Gasteiger partial charge in [0.25, 0.3) is 0 Å². The third kappa shape index (κ3) is 43.7. The zero-order valence-electron chi connectivity index (χ0n) is 38.5. The topological polar surface area (TPSA) is 95.9 Å². The summed E-state index contributed by atoms with van der Waals surface area (Å²) < 4.78 is 5.43. The van der Waals surface area contributed by atoms with E-state index < -0.39 is 12.1 Å². The molecule has 0 fully saturated rings. The molecule has 2 atom stereocenters. The van der Waals surface area contributed by atoms with Crippen molar-refractivity contribution in [1.29, 1.82) is 0 Å². The molecule has 0 bridgehead atoms. The molecule has 0 aliphatic rings. The normalized spacial score (nSPS) is 13.0. The van der Waals surface area contributed by atoms with Gasteiger partial charge in [0.2, 0.25) is 5.91 Å². The Kier molecular flexibility index (Phi) is 46.2. The second-order valence-corrected chi connectivity index (χ2v) is 17.1. The van der Waals surface area contributed by atoms with Crippen LogP contribution in [0.2, 0.25) is 0 Å². The summed E-state index contributed by atoms with van der Waals surface area (Å²) in [6.45, 7) is 4.83. The van der Waals surface area contributed by atoms with Crippen molar-refractivity contribution in [3.8, 4) is 0 Å². The highest BCUT2D eigenvalue weighted by atomic mass is 16.5. The van der Waals surface area contributed by atoms with E-state index in [1.54, 1.807) is 0 Å². The predicted octanol–water partition coefficient (Wildman–Crippen LogP) is 14.9. The number of rotatable bonds is 46. The smallest absolute Gasteiger partial charge is 0.305 e. The van der Waals surface area contributed by atoms with E-state index in [1.165, 1.54) is 135 Å². The molecule has 0 heterocycles. The van der Waals surface area contributed by atoms with E-state index in [9.17, 15) is 19.8 Å². The van der Waals surface area contributed by atoms with Gasteiger partial charge in [0.05, 0.1) is 25.4 Å². The lowest BCUT2D eigenvalue weighted by Crippen LogP contribution is -2.45. The molecular formula is C52H97NO5. The Morgan fingerprint density at radius 1 is 0.483 bits per heavy atom. The number of hydrogen-bond donors (Lipinski definition) is 3. The first-order valence-corrected chi connectivity index (χ1v) is 25.2. The monoisotopic (exact) mass is 816 g/mol. The molecular weight excluding hydrogens is 719 g/mol. The summed E-state index contributed by atoms with van der Waals surface area (Å²) in [6, 6.07) is -0.568. The summed E-state index contributed by atoms with van der Waals surface area (Å²) in [7, 11) is 0. The second kappa shape index (κ2) is 47.8. The molecule has 2 unspecified atom stereocenters. The number of amides is 1. The maximum atomic E-state index is 12.4. The molecule has 0 aromatic carbocycles. The number of aliphatic hydroxyl groups is 2. The predicted molar refractivity (Wildman–Crippen MR) is 250 cm³/mol. The molecule has 58 heavy (non-hydrogen) atoms. The summed E-state index contributed by atoms with van der Waals surface area (Å²) in [5.41, 5.74) is 0. The van der Waals surface area contributed by atoms with E-state index >= 15 is 0 Å². The quantitative estimate of drug-likeness (QED) is 0.0323. The number of esters is 1. The van der Waals surface area contributed by atoms with Crippen molar-refractivity contribution in [2.24, 2.45) is 0 Å². The van der Waals surface area contributed by atoms with Gasteiger partial charge in [-0.1, -0.05) is 198 Å². The van der Waals surface area contributed by atoms with Gasteiger partial charge in [-0.2, -0.15) is 0 Å². The average molecular weight is 816 g/mol. The molecule has 0 aliphatic carbocycles. The molecule has 1 amide bonds. The summed E-state index contributed by atoms with van der Waals surface area (Å²) in [4.78, 5) is 24.5. The first-order valence-electron chi connectivity index (χ1n) is 25.2. The van der Waals surface area contributed by atoms with Crippen LogP contribution in [0, 0.1) is 0 Å². The van der Waals surface area contributed by atoms with Gasteiger partial charge in [-0.05, 0) is 83.5 Å². The fourth-order valence-corrected chi connectivity index (χ4v) is 7.49. The molecule has 6 nitrogen and oxygen atoms in total. The van der Waals surface area contributed by atoms with E-state index in [0.29, 0.717) is 25.9 Å². The fraction of sp³-hybridized carbons (Fsp3) is 0.846. The van der Waals surface area contributed by atoms with Crippen LogP contribution >= 0.6 is 0 Å². The van der Waals surface area contributed by atoms with Crippen LogP contribution in [0.3, 0.4) is 0 Å². The maximum Gasteiger partial charge on any atom is 0.305 e. The zero-order valence-corrected chi connectivity index (χ0v) is 38.5. The van der Waals surface area contributed by atoms with Crippen molar-refractivity contribution in [1.82, 2.24) is 5.32 Å². The van der Waals surface area contributed by atoms with Crippen molar-refractivity contribution in [3.05, 3.63) is 36.5 Å². The van der Waals surface area contributed by atoms with Crippen molar-refractivity contribution in [3.63, 3.8) is 0 Å². The fourth-order valence-electron chi connectivity index (χ4n) is 7.49. The van der Waals surface area contributed by atoms with Gasteiger partial charge < -0.3 is 20.3 Å².